The number of amides is 3. The smallest absolute Gasteiger partial charge is 0.325 e. The molecule has 0 bridgehead atoms. The molecule has 2 rings (SSSR count). The van der Waals surface area contributed by atoms with E-state index in [9.17, 15) is 9.59 Å². The highest BCUT2D eigenvalue weighted by atomic mass is 35.5. The molecule has 0 unspecified atom stereocenters. The molecule has 7 heteroatoms. The highest BCUT2D eigenvalue weighted by Gasteiger charge is 2.30. The van der Waals surface area contributed by atoms with Crippen LogP contribution in [0.1, 0.15) is 0 Å². The summed E-state index contributed by atoms with van der Waals surface area (Å²) >= 11 is 5.84. The molecule has 6 nitrogen and oxygen atoms in total. The van der Waals surface area contributed by atoms with E-state index in [0.717, 1.165) is 5.69 Å². The zero-order valence-electron chi connectivity index (χ0n) is 11.8. The van der Waals surface area contributed by atoms with Crippen molar-refractivity contribution in [2.24, 2.45) is 0 Å². The number of anilines is 1. The van der Waals surface area contributed by atoms with Gasteiger partial charge in [-0.15, -0.1) is 0 Å². The van der Waals surface area contributed by atoms with Crippen molar-refractivity contribution in [3.8, 4) is 0 Å². The largest absolute Gasteiger partial charge is 0.383 e. The Hall–Kier alpha value is -1.79. The molecule has 0 radical (unpaired) electrons. The van der Waals surface area contributed by atoms with Gasteiger partial charge in [-0.2, -0.15) is 0 Å². The first-order valence-corrected chi connectivity index (χ1v) is 7.07. The molecule has 0 atom stereocenters. The van der Waals surface area contributed by atoms with Gasteiger partial charge in [-0.1, -0.05) is 11.6 Å². The summed E-state index contributed by atoms with van der Waals surface area (Å²) in [6.07, 6.45) is 0. The fourth-order valence-electron chi connectivity index (χ4n) is 2.11. The van der Waals surface area contributed by atoms with Crippen LogP contribution in [0.3, 0.4) is 0 Å². The van der Waals surface area contributed by atoms with E-state index in [4.69, 9.17) is 16.3 Å². The summed E-state index contributed by atoms with van der Waals surface area (Å²) in [7, 11) is 1.57. The minimum absolute atomic E-state index is 0.0621. The molecular weight excluding hydrogens is 294 g/mol. The molecule has 1 aliphatic rings. The number of ether oxygens (including phenoxy) is 1. The Kier molecular flexibility index (Phi) is 5.41. The number of urea groups is 1. The summed E-state index contributed by atoms with van der Waals surface area (Å²) in [5, 5.41) is 3.32. The second-order valence-electron chi connectivity index (χ2n) is 4.67. The van der Waals surface area contributed by atoms with Crippen molar-refractivity contribution in [2.45, 2.75) is 0 Å². The maximum atomic E-state index is 12.3. The van der Waals surface area contributed by atoms with Crippen LogP contribution in [0.25, 0.3) is 0 Å². The van der Waals surface area contributed by atoms with E-state index in [1.54, 1.807) is 36.3 Å². The summed E-state index contributed by atoms with van der Waals surface area (Å²) in [5.41, 5.74) is 0.784. The van der Waals surface area contributed by atoms with E-state index in [-0.39, 0.29) is 18.5 Å². The molecule has 1 heterocycles. The van der Waals surface area contributed by atoms with Gasteiger partial charge in [0.2, 0.25) is 5.91 Å². The average molecular weight is 312 g/mol. The standard InChI is InChI=1S/C14H18ClN3O3/c1-21-9-6-16-13(19)10-17-7-8-18(14(17)20)12-4-2-11(15)3-5-12/h2-5H,6-10H2,1H3,(H,16,19). The number of hydrogen-bond acceptors (Lipinski definition) is 3. The number of nitrogens with one attached hydrogen (secondary N) is 1. The SMILES string of the molecule is COCCNC(=O)CN1CCN(c2ccc(Cl)cc2)C1=O. The predicted octanol–water partition coefficient (Wildman–Crippen LogP) is 1.34. The number of carbonyl (C=O) groups excluding carboxylic acids is 2. The minimum atomic E-state index is -0.182. The molecule has 114 valence electrons. The molecule has 0 aliphatic carbocycles. The van der Waals surface area contributed by atoms with Crippen LogP contribution in [0.5, 0.6) is 0 Å². The maximum Gasteiger partial charge on any atom is 0.325 e. The van der Waals surface area contributed by atoms with Crippen LogP contribution in [0.4, 0.5) is 10.5 Å². The quantitative estimate of drug-likeness (QED) is 0.807. The van der Waals surface area contributed by atoms with Crippen molar-refractivity contribution in [3.05, 3.63) is 29.3 Å². The van der Waals surface area contributed by atoms with Crippen LogP contribution in [0.15, 0.2) is 24.3 Å². The third kappa shape index (κ3) is 4.09. The van der Waals surface area contributed by atoms with Crippen LogP contribution in [0, 0.1) is 0 Å². The Bertz CT molecular complexity index is 507. The van der Waals surface area contributed by atoms with Gasteiger partial charge >= 0.3 is 6.03 Å². The van der Waals surface area contributed by atoms with E-state index in [0.29, 0.717) is 31.3 Å². The molecule has 1 aromatic rings. The Morgan fingerprint density at radius 1 is 1.33 bits per heavy atom. The van der Waals surface area contributed by atoms with Crippen molar-refractivity contribution >= 4 is 29.2 Å². The second kappa shape index (κ2) is 7.28. The highest BCUT2D eigenvalue weighted by molar-refractivity contribution is 6.30. The van der Waals surface area contributed by atoms with Gasteiger partial charge in [0.1, 0.15) is 6.54 Å². The molecule has 1 aliphatic heterocycles. The predicted molar refractivity (Wildman–Crippen MR) is 80.7 cm³/mol. The first kappa shape index (κ1) is 15.6. The van der Waals surface area contributed by atoms with E-state index in [1.807, 2.05) is 0 Å². The molecular formula is C14H18ClN3O3. The first-order chi connectivity index (χ1) is 10.1. The van der Waals surface area contributed by atoms with Crippen molar-refractivity contribution < 1.29 is 14.3 Å². The fourth-order valence-corrected chi connectivity index (χ4v) is 2.24. The number of hydrogen-bond donors (Lipinski definition) is 1. The van der Waals surface area contributed by atoms with Gasteiger partial charge in [-0.3, -0.25) is 9.69 Å². The molecule has 3 amide bonds. The summed E-state index contributed by atoms with van der Waals surface area (Å²) in [4.78, 5) is 27.1. The van der Waals surface area contributed by atoms with Gasteiger partial charge in [0.25, 0.3) is 0 Å². The molecule has 1 saturated heterocycles. The van der Waals surface area contributed by atoms with Crippen LogP contribution in [-0.4, -0.2) is 56.7 Å². The number of halogens is 1. The van der Waals surface area contributed by atoms with E-state index in [2.05, 4.69) is 5.32 Å². The lowest BCUT2D eigenvalue weighted by atomic mass is 10.3. The van der Waals surface area contributed by atoms with Crippen LogP contribution < -0.4 is 10.2 Å². The Morgan fingerprint density at radius 3 is 2.71 bits per heavy atom. The maximum absolute atomic E-state index is 12.3. The van der Waals surface area contributed by atoms with Gasteiger partial charge < -0.3 is 15.0 Å². The van der Waals surface area contributed by atoms with Crippen molar-refractivity contribution in [3.63, 3.8) is 0 Å². The number of nitrogens with zero attached hydrogens (tertiary/aromatic N) is 2. The van der Waals surface area contributed by atoms with E-state index < -0.39 is 0 Å². The van der Waals surface area contributed by atoms with Crippen LogP contribution >= 0.6 is 11.6 Å². The molecule has 1 aromatic carbocycles. The number of rotatable bonds is 6. The van der Waals surface area contributed by atoms with Crippen LogP contribution in [-0.2, 0) is 9.53 Å². The van der Waals surface area contributed by atoms with Crippen molar-refractivity contribution in [2.75, 3.05) is 44.8 Å². The topological polar surface area (TPSA) is 61.9 Å². The lowest BCUT2D eigenvalue weighted by Gasteiger charge is -2.18. The van der Waals surface area contributed by atoms with E-state index >= 15 is 0 Å². The number of methoxy groups -OCH3 is 1. The van der Waals surface area contributed by atoms with E-state index in [1.165, 1.54) is 4.90 Å². The number of carbonyl (C=O) groups is 2. The Labute approximate surface area is 128 Å². The average Bonchev–Trinajstić information content (AvgIpc) is 2.82. The summed E-state index contributed by atoms with van der Waals surface area (Å²) < 4.78 is 4.85. The molecule has 1 fully saturated rings. The third-order valence-corrected chi connectivity index (χ3v) is 3.45. The molecule has 0 saturated carbocycles. The molecule has 0 spiro atoms. The summed E-state index contributed by atoms with van der Waals surface area (Å²) in [6, 6.07) is 6.90. The van der Waals surface area contributed by atoms with Crippen LogP contribution in [0.2, 0.25) is 5.02 Å². The highest BCUT2D eigenvalue weighted by Crippen LogP contribution is 2.22. The lowest BCUT2D eigenvalue weighted by molar-refractivity contribution is -0.121. The summed E-state index contributed by atoms with van der Waals surface area (Å²) in [5.74, 6) is -0.182. The van der Waals surface area contributed by atoms with Crippen molar-refractivity contribution in [1.82, 2.24) is 10.2 Å². The molecule has 0 aromatic heterocycles. The first-order valence-electron chi connectivity index (χ1n) is 6.69. The monoisotopic (exact) mass is 311 g/mol. The minimum Gasteiger partial charge on any atom is -0.383 e. The molecule has 1 N–H and O–H groups in total. The molecule has 21 heavy (non-hydrogen) atoms. The van der Waals surface area contributed by atoms with Gasteiger partial charge in [0.15, 0.2) is 0 Å². The zero-order valence-corrected chi connectivity index (χ0v) is 12.6. The van der Waals surface area contributed by atoms with Crippen molar-refractivity contribution in [1.29, 1.82) is 0 Å². The fraction of sp³-hybridized carbons (Fsp3) is 0.429. The second-order valence-corrected chi connectivity index (χ2v) is 5.11. The number of benzene rings is 1. The van der Waals surface area contributed by atoms with Gasteiger partial charge in [-0.25, -0.2) is 4.79 Å². The lowest BCUT2D eigenvalue weighted by Crippen LogP contribution is -2.40. The summed E-state index contributed by atoms with van der Waals surface area (Å²) in [6.45, 7) is 2.05. The third-order valence-electron chi connectivity index (χ3n) is 3.20. The van der Waals surface area contributed by atoms with Gasteiger partial charge in [-0.05, 0) is 24.3 Å². The van der Waals surface area contributed by atoms with Gasteiger partial charge in [0.05, 0.1) is 6.61 Å². The Morgan fingerprint density at radius 2 is 2.05 bits per heavy atom. The Balaban J connectivity index is 1.89. The van der Waals surface area contributed by atoms with Gasteiger partial charge in [0, 0.05) is 37.5 Å². The normalized spacial score (nSPS) is 14.7. The zero-order chi connectivity index (χ0) is 15.2.